The fourth-order valence-corrected chi connectivity index (χ4v) is 5.75. The second kappa shape index (κ2) is 9.41. The number of morpholine rings is 1. The number of guanidine groups is 1. The second-order valence-corrected chi connectivity index (χ2v) is 10.8. The van der Waals surface area contributed by atoms with Crippen molar-refractivity contribution in [1.29, 1.82) is 0 Å². The monoisotopic (exact) mass is 534 g/mol. The number of carbonyl (C=O) groups is 1. The van der Waals surface area contributed by atoms with Crippen LogP contribution in [0.1, 0.15) is 34.0 Å². The smallest absolute Gasteiger partial charge is 0.243 e. The van der Waals surface area contributed by atoms with Crippen molar-refractivity contribution in [1.82, 2.24) is 25.0 Å². The lowest BCUT2D eigenvalue weighted by atomic mass is 10.0. The number of nitrogens with zero attached hydrogens (tertiary/aromatic N) is 5. The standard InChI is InChI=1S/C27H27FN6O3S/c1-15-12-33(13-16(2)37-15)23(35)14-32-6-7-34-17(3)25(36)24(31-27(32)34)26-30-10-20(38-26)8-18-4-5-19(28)9-21(18)22-11-29-22/h4-7,9-10,16,22,29,36H,1,3,8,11-14H2,2H3/t16-,22+/m0/s1. The Morgan fingerprint density at radius 3 is 2.92 bits per heavy atom. The summed E-state index contributed by atoms with van der Waals surface area (Å²) in [6.45, 7) is 11.5. The fourth-order valence-electron chi connectivity index (χ4n) is 4.82. The van der Waals surface area contributed by atoms with Crippen LogP contribution in [0.4, 0.5) is 4.39 Å². The van der Waals surface area contributed by atoms with E-state index in [-0.39, 0.29) is 36.2 Å². The lowest BCUT2D eigenvalue weighted by molar-refractivity contribution is -0.135. The number of rotatable bonds is 6. The van der Waals surface area contributed by atoms with E-state index in [4.69, 9.17) is 9.73 Å². The molecular weight excluding hydrogens is 507 g/mol. The third-order valence-electron chi connectivity index (χ3n) is 6.75. The highest BCUT2D eigenvalue weighted by Crippen LogP contribution is 2.36. The van der Waals surface area contributed by atoms with Gasteiger partial charge < -0.3 is 25.0 Å². The molecule has 0 aliphatic carbocycles. The van der Waals surface area contributed by atoms with Crippen molar-refractivity contribution >= 4 is 28.9 Å². The zero-order chi connectivity index (χ0) is 26.6. The van der Waals surface area contributed by atoms with Gasteiger partial charge in [0.2, 0.25) is 11.9 Å². The number of hydrogen-bond donors (Lipinski definition) is 2. The molecule has 0 bridgehead atoms. The van der Waals surface area contributed by atoms with Crippen LogP contribution < -0.4 is 5.32 Å². The summed E-state index contributed by atoms with van der Waals surface area (Å²) >= 11 is 1.41. The summed E-state index contributed by atoms with van der Waals surface area (Å²) in [5.41, 5.74) is 2.64. The van der Waals surface area contributed by atoms with Crippen LogP contribution in [0.5, 0.6) is 0 Å². The average molecular weight is 535 g/mol. The molecule has 0 spiro atoms. The van der Waals surface area contributed by atoms with Crippen LogP contribution in [0, 0.1) is 5.82 Å². The number of nitrogens with one attached hydrogen (secondary N) is 1. The van der Waals surface area contributed by atoms with E-state index in [9.17, 15) is 14.3 Å². The lowest BCUT2D eigenvalue weighted by Gasteiger charge is -2.34. The van der Waals surface area contributed by atoms with Gasteiger partial charge in [-0.2, -0.15) is 0 Å². The first-order chi connectivity index (χ1) is 18.3. The van der Waals surface area contributed by atoms with Gasteiger partial charge in [-0.05, 0) is 30.2 Å². The summed E-state index contributed by atoms with van der Waals surface area (Å²) in [6, 6.07) is 5.05. The fraction of sp³-hybridized carbons (Fsp3) is 0.296. The Balaban J connectivity index is 1.22. The van der Waals surface area contributed by atoms with Crippen LogP contribution in [0.2, 0.25) is 0 Å². The highest BCUT2D eigenvalue weighted by Gasteiger charge is 2.35. The van der Waals surface area contributed by atoms with Gasteiger partial charge >= 0.3 is 0 Å². The first-order valence-corrected chi connectivity index (χ1v) is 13.1. The van der Waals surface area contributed by atoms with E-state index in [1.807, 2.05) is 13.0 Å². The number of carbonyl (C=O) groups excluding carboxylic acids is 1. The topological polar surface area (TPSA) is 103 Å². The molecule has 0 unspecified atom stereocenters. The minimum absolute atomic E-state index is 0.0683. The first kappa shape index (κ1) is 24.4. The van der Waals surface area contributed by atoms with Crippen molar-refractivity contribution in [2.24, 2.45) is 4.99 Å². The minimum atomic E-state index is -0.250. The number of aliphatic hydroxyl groups is 1. The largest absolute Gasteiger partial charge is 0.504 e. The Kier molecular flexibility index (Phi) is 6.04. The Labute approximate surface area is 223 Å². The zero-order valence-electron chi connectivity index (χ0n) is 20.9. The summed E-state index contributed by atoms with van der Waals surface area (Å²) in [5.74, 6) is 0.622. The molecule has 38 heavy (non-hydrogen) atoms. The summed E-state index contributed by atoms with van der Waals surface area (Å²) in [7, 11) is 0. The van der Waals surface area contributed by atoms with Gasteiger partial charge in [-0.15, -0.1) is 11.3 Å². The molecule has 6 rings (SSSR count). The van der Waals surface area contributed by atoms with E-state index in [1.165, 1.54) is 17.4 Å². The number of ether oxygens (including phenoxy) is 1. The molecule has 4 aliphatic heterocycles. The third-order valence-corrected chi connectivity index (χ3v) is 7.76. The van der Waals surface area contributed by atoms with Gasteiger partial charge in [-0.3, -0.25) is 9.69 Å². The Hall–Kier alpha value is -3.96. The van der Waals surface area contributed by atoms with E-state index in [0.29, 0.717) is 47.6 Å². The van der Waals surface area contributed by atoms with Gasteiger partial charge in [0.05, 0.1) is 18.8 Å². The highest BCUT2D eigenvalue weighted by molar-refractivity contribution is 7.12. The van der Waals surface area contributed by atoms with Crippen LogP contribution in [0.25, 0.3) is 5.70 Å². The molecule has 1 aromatic heterocycles. The molecule has 1 amide bonds. The Morgan fingerprint density at radius 1 is 1.34 bits per heavy atom. The molecule has 2 N–H and O–H groups in total. The number of fused-ring (bicyclic) bond motifs is 1. The molecule has 5 heterocycles. The van der Waals surface area contributed by atoms with E-state index in [2.05, 4.69) is 23.5 Å². The van der Waals surface area contributed by atoms with Crippen LogP contribution in [-0.2, 0) is 16.0 Å². The van der Waals surface area contributed by atoms with Gasteiger partial charge in [0.15, 0.2) is 5.76 Å². The molecule has 0 saturated carbocycles. The van der Waals surface area contributed by atoms with Gasteiger partial charge in [0.1, 0.15) is 34.9 Å². The molecule has 1 aromatic carbocycles. The predicted octanol–water partition coefficient (Wildman–Crippen LogP) is 3.48. The molecular formula is C27H27FN6O3S. The van der Waals surface area contributed by atoms with Gasteiger partial charge in [0.25, 0.3) is 0 Å². The Bertz CT molecular complexity index is 1440. The number of benzene rings is 1. The molecule has 11 heteroatoms. The Morgan fingerprint density at radius 2 is 2.16 bits per heavy atom. The SMILES string of the molecule is C=C1CN(C(=O)CN2C=CN3C(=C)C(O)=C(c4ncc(Cc5ccc(F)cc5[C@H]5CN5)s4)N=C23)C[C@H](C)O1. The van der Waals surface area contributed by atoms with Crippen molar-refractivity contribution < 1.29 is 19.0 Å². The van der Waals surface area contributed by atoms with Crippen LogP contribution in [0.15, 0.2) is 72.2 Å². The lowest BCUT2D eigenvalue weighted by Crippen LogP contribution is -2.48. The number of hydrogen-bond acceptors (Lipinski definition) is 9. The summed E-state index contributed by atoms with van der Waals surface area (Å²) in [6.07, 6.45) is 5.69. The number of aliphatic hydroxyl groups excluding tert-OH is 1. The normalized spacial score (nSPS) is 22.6. The van der Waals surface area contributed by atoms with Crippen LogP contribution in [-0.4, -0.2) is 68.9 Å². The summed E-state index contributed by atoms with van der Waals surface area (Å²) < 4.78 is 19.4. The van der Waals surface area contributed by atoms with Crippen LogP contribution in [0.3, 0.4) is 0 Å². The van der Waals surface area contributed by atoms with Gasteiger partial charge in [0, 0.05) is 42.5 Å². The van der Waals surface area contributed by atoms with Gasteiger partial charge in [-0.1, -0.05) is 19.2 Å². The maximum absolute atomic E-state index is 13.8. The predicted molar refractivity (Wildman–Crippen MR) is 142 cm³/mol. The van der Waals surface area contributed by atoms with E-state index < -0.39 is 0 Å². The van der Waals surface area contributed by atoms with E-state index in [0.717, 1.165) is 22.5 Å². The van der Waals surface area contributed by atoms with Crippen molar-refractivity contribution in [2.45, 2.75) is 25.5 Å². The molecule has 196 valence electrons. The number of aliphatic imine (C=N–C) groups is 1. The first-order valence-electron chi connectivity index (χ1n) is 12.3. The maximum atomic E-state index is 13.8. The molecule has 4 aliphatic rings. The maximum Gasteiger partial charge on any atom is 0.243 e. The molecule has 2 fully saturated rings. The van der Waals surface area contributed by atoms with Crippen molar-refractivity contribution in [3.05, 3.63) is 94.0 Å². The van der Waals surface area contributed by atoms with E-state index in [1.54, 1.807) is 39.4 Å². The zero-order valence-corrected chi connectivity index (χ0v) is 21.7. The summed E-state index contributed by atoms with van der Waals surface area (Å²) in [4.78, 5) is 28.3. The highest BCUT2D eigenvalue weighted by atomic mass is 32.1. The van der Waals surface area contributed by atoms with Crippen LogP contribution >= 0.6 is 11.3 Å². The number of aromatic nitrogens is 1. The number of thiazole rings is 1. The van der Waals surface area contributed by atoms with Gasteiger partial charge in [-0.25, -0.2) is 14.4 Å². The average Bonchev–Trinajstić information content (AvgIpc) is 3.50. The van der Waals surface area contributed by atoms with E-state index >= 15 is 0 Å². The van der Waals surface area contributed by atoms with Crippen molar-refractivity contribution in [3.63, 3.8) is 0 Å². The second-order valence-electron chi connectivity index (χ2n) is 9.71. The molecule has 2 atom stereocenters. The quantitative estimate of drug-likeness (QED) is 0.547. The van der Waals surface area contributed by atoms with Crippen molar-refractivity contribution in [2.75, 3.05) is 26.2 Å². The van der Waals surface area contributed by atoms with Crippen molar-refractivity contribution in [3.8, 4) is 0 Å². The molecule has 9 nitrogen and oxygen atoms in total. The third kappa shape index (κ3) is 4.59. The summed E-state index contributed by atoms with van der Waals surface area (Å²) in [5, 5.41) is 14.7. The molecule has 2 aromatic rings. The molecule has 0 radical (unpaired) electrons. The molecule has 2 saturated heterocycles. The number of halogens is 1. The minimum Gasteiger partial charge on any atom is -0.504 e. The number of amides is 1.